The lowest BCUT2D eigenvalue weighted by molar-refractivity contribution is 0.397. The van der Waals surface area contributed by atoms with Crippen LogP contribution in [0, 0.1) is 11.3 Å². The van der Waals surface area contributed by atoms with Gasteiger partial charge in [-0.3, -0.25) is 4.98 Å². The number of fused-ring (bicyclic) bond motifs is 3. The van der Waals surface area contributed by atoms with E-state index in [1.807, 2.05) is 30.3 Å². The lowest BCUT2D eigenvalue weighted by atomic mass is 9.56. The minimum absolute atomic E-state index is 0.0558. The Hall–Kier alpha value is -3.06. The molecule has 28 heavy (non-hydrogen) atoms. The minimum Gasteiger partial charge on any atom is -0.454 e. The van der Waals surface area contributed by atoms with Crippen LogP contribution in [-0.2, 0) is 5.31 Å². The van der Waals surface area contributed by atoms with Gasteiger partial charge in [-0.25, -0.2) is 0 Å². The van der Waals surface area contributed by atoms with Crippen LogP contribution in [0.4, 0.5) is 0 Å². The molecule has 0 amide bonds. The summed E-state index contributed by atoms with van der Waals surface area (Å²) < 4.78 is 6.37. The van der Waals surface area contributed by atoms with E-state index in [1.165, 1.54) is 19.3 Å². The van der Waals surface area contributed by atoms with Gasteiger partial charge in [-0.1, -0.05) is 62.4 Å². The van der Waals surface area contributed by atoms with Crippen molar-refractivity contribution in [1.82, 2.24) is 4.98 Å². The smallest absolute Gasteiger partial charge is 0.153 e. The molecule has 1 saturated carbocycles. The maximum atomic E-state index is 10.1. The van der Waals surface area contributed by atoms with Crippen LogP contribution in [0.25, 0.3) is 33.2 Å². The summed E-state index contributed by atoms with van der Waals surface area (Å²) in [6.45, 7) is 0. The summed E-state index contributed by atoms with van der Waals surface area (Å²) in [5.41, 5.74) is 5.20. The van der Waals surface area contributed by atoms with Gasteiger partial charge in [0.15, 0.2) is 5.58 Å². The molecule has 5 rings (SSSR count). The maximum Gasteiger partial charge on any atom is 0.153 e. The Labute approximate surface area is 165 Å². The number of furan rings is 1. The quantitative estimate of drug-likeness (QED) is 0.453. The Morgan fingerprint density at radius 3 is 2.50 bits per heavy atom. The van der Waals surface area contributed by atoms with Gasteiger partial charge in [0.2, 0.25) is 0 Å². The van der Waals surface area contributed by atoms with Crippen molar-refractivity contribution in [1.29, 1.82) is 5.26 Å². The Morgan fingerprint density at radius 2 is 1.75 bits per heavy atom. The van der Waals surface area contributed by atoms with E-state index in [2.05, 4.69) is 37.1 Å². The van der Waals surface area contributed by atoms with Crippen LogP contribution in [0.2, 0.25) is 0 Å². The molecular weight excluding hydrogens is 343 g/mol. The molecule has 4 aromatic rings. The fraction of sp³-hybridized carbons (Fsp3) is 0.250. The third-order valence-electron chi connectivity index (χ3n) is 6.33. The molecule has 0 aliphatic heterocycles. The van der Waals surface area contributed by atoms with E-state index in [0.29, 0.717) is 11.1 Å². The van der Waals surface area contributed by atoms with Crippen molar-refractivity contribution in [3.63, 3.8) is 0 Å². The Kier molecular flexibility index (Phi) is 3.98. The highest BCUT2D eigenvalue weighted by molar-refractivity contribution is 6.17. The number of hydrogen-bond acceptors (Lipinski definition) is 3. The normalized spacial score (nSPS) is 16.2. The fourth-order valence-electron chi connectivity index (χ4n) is 4.80. The summed E-state index contributed by atoms with van der Waals surface area (Å²) in [7, 11) is 2.30. The van der Waals surface area contributed by atoms with Crippen LogP contribution in [0.3, 0.4) is 0 Å². The molecule has 0 unspecified atom stereocenters. The van der Waals surface area contributed by atoms with E-state index in [-0.39, 0.29) is 5.31 Å². The van der Waals surface area contributed by atoms with Gasteiger partial charge >= 0.3 is 0 Å². The van der Waals surface area contributed by atoms with E-state index in [1.54, 1.807) is 6.20 Å². The highest BCUT2D eigenvalue weighted by Gasteiger charge is 2.32. The number of pyridine rings is 1. The van der Waals surface area contributed by atoms with Gasteiger partial charge < -0.3 is 4.42 Å². The topological polar surface area (TPSA) is 49.8 Å². The molecule has 1 aliphatic carbocycles. The molecule has 0 atom stereocenters. The number of nitriles is 1. The molecule has 4 heteroatoms. The van der Waals surface area contributed by atoms with E-state index in [0.717, 1.165) is 46.0 Å². The van der Waals surface area contributed by atoms with Crippen molar-refractivity contribution >= 4 is 29.8 Å². The number of aromatic nitrogens is 1. The molecule has 2 heterocycles. The van der Waals surface area contributed by atoms with Gasteiger partial charge in [0, 0.05) is 22.5 Å². The zero-order valence-electron chi connectivity index (χ0n) is 16.0. The molecule has 0 spiro atoms. The van der Waals surface area contributed by atoms with Crippen LogP contribution in [0.1, 0.15) is 43.2 Å². The van der Waals surface area contributed by atoms with Crippen molar-refractivity contribution < 1.29 is 4.42 Å². The monoisotopic (exact) mass is 364 g/mol. The standard InChI is InChI=1S/C24H21BN2O/c25-24(12-3-1-4-13-24)20-11-10-17-16-7-6-8-18(21-9-2-5-14-27-21)22(16)28-23(17)19(20)15-26/h2,5-11,14H,1,3-4,12-13,25H2. The van der Waals surface area contributed by atoms with E-state index in [4.69, 9.17) is 4.42 Å². The van der Waals surface area contributed by atoms with Crippen molar-refractivity contribution in [3.05, 3.63) is 65.9 Å². The molecule has 136 valence electrons. The molecule has 1 aliphatic rings. The second-order valence-corrected chi connectivity index (χ2v) is 8.10. The van der Waals surface area contributed by atoms with E-state index in [9.17, 15) is 5.26 Å². The average molecular weight is 364 g/mol. The largest absolute Gasteiger partial charge is 0.454 e. The third-order valence-corrected chi connectivity index (χ3v) is 6.33. The molecule has 3 nitrogen and oxygen atoms in total. The molecular formula is C24H21BN2O. The SMILES string of the molecule is BC1(c2ccc3c(oc4c(-c5ccccn5)cccc43)c2C#N)CCCCC1. The fourth-order valence-corrected chi connectivity index (χ4v) is 4.80. The average Bonchev–Trinajstić information content (AvgIpc) is 3.13. The van der Waals surface area contributed by atoms with Crippen molar-refractivity contribution in [2.75, 3.05) is 0 Å². The van der Waals surface area contributed by atoms with Gasteiger partial charge in [-0.2, -0.15) is 5.26 Å². The Balaban J connectivity index is 1.79. The van der Waals surface area contributed by atoms with Gasteiger partial charge in [0.05, 0.1) is 11.3 Å². The lowest BCUT2D eigenvalue weighted by Gasteiger charge is -2.34. The lowest BCUT2D eigenvalue weighted by Crippen LogP contribution is -2.30. The number of nitrogens with zero attached hydrogens (tertiary/aromatic N) is 2. The Bertz CT molecular complexity index is 1210. The zero-order chi connectivity index (χ0) is 19.1. The first-order valence-electron chi connectivity index (χ1n) is 10.0. The van der Waals surface area contributed by atoms with E-state index < -0.39 is 0 Å². The summed E-state index contributed by atoms with van der Waals surface area (Å²) in [6.07, 6.45) is 7.79. The Morgan fingerprint density at radius 1 is 0.929 bits per heavy atom. The molecule has 0 radical (unpaired) electrons. The molecule has 2 aromatic heterocycles. The van der Waals surface area contributed by atoms with Crippen LogP contribution < -0.4 is 0 Å². The number of rotatable bonds is 2. The third kappa shape index (κ3) is 2.54. The van der Waals surface area contributed by atoms with Gasteiger partial charge in [0.25, 0.3) is 0 Å². The second-order valence-electron chi connectivity index (χ2n) is 8.10. The van der Waals surface area contributed by atoms with Crippen LogP contribution in [0.15, 0.2) is 59.1 Å². The summed E-state index contributed by atoms with van der Waals surface area (Å²) >= 11 is 0. The predicted octanol–water partition coefficient (Wildman–Crippen LogP) is 5.31. The van der Waals surface area contributed by atoms with Crippen LogP contribution in [0.5, 0.6) is 0 Å². The maximum absolute atomic E-state index is 10.1. The molecule has 2 aromatic carbocycles. The summed E-state index contributed by atoms with van der Waals surface area (Å²) in [5, 5.41) is 12.2. The number of hydrogen-bond donors (Lipinski definition) is 0. The first-order valence-corrected chi connectivity index (χ1v) is 10.0. The molecule has 0 N–H and O–H groups in total. The second kappa shape index (κ2) is 6.53. The molecule has 0 bridgehead atoms. The molecule has 0 saturated heterocycles. The van der Waals surface area contributed by atoms with Crippen LogP contribution >= 0.6 is 0 Å². The number of benzene rings is 2. The minimum atomic E-state index is 0.0558. The number of para-hydroxylation sites is 1. The first-order chi connectivity index (χ1) is 13.7. The van der Waals surface area contributed by atoms with Crippen molar-refractivity contribution in [2.24, 2.45) is 0 Å². The summed E-state index contributed by atoms with van der Waals surface area (Å²) in [4.78, 5) is 4.49. The van der Waals surface area contributed by atoms with Crippen molar-refractivity contribution in [3.8, 4) is 17.3 Å². The van der Waals surface area contributed by atoms with E-state index >= 15 is 0 Å². The van der Waals surface area contributed by atoms with Gasteiger partial charge in [0.1, 0.15) is 19.5 Å². The predicted molar refractivity (Wildman–Crippen MR) is 115 cm³/mol. The highest BCUT2D eigenvalue weighted by Crippen LogP contribution is 2.43. The first kappa shape index (κ1) is 17.1. The van der Waals surface area contributed by atoms with Crippen LogP contribution in [-0.4, -0.2) is 12.8 Å². The molecule has 1 fully saturated rings. The van der Waals surface area contributed by atoms with Gasteiger partial charge in [-0.15, -0.1) is 0 Å². The summed E-state index contributed by atoms with van der Waals surface area (Å²) in [5.74, 6) is 0. The van der Waals surface area contributed by atoms with Crippen molar-refractivity contribution in [2.45, 2.75) is 37.4 Å². The highest BCUT2D eigenvalue weighted by atomic mass is 16.3. The zero-order valence-corrected chi connectivity index (χ0v) is 16.0. The summed E-state index contributed by atoms with van der Waals surface area (Å²) in [6, 6.07) is 18.8. The van der Waals surface area contributed by atoms with Gasteiger partial charge in [-0.05, 0) is 29.1 Å².